The lowest BCUT2D eigenvalue weighted by Gasteiger charge is -2.27. The third kappa shape index (κ3) is 4.50. The highest BCUT2D eigenvalue weighted by Crippen LogP contribution is 2.33. The molecular formula is C17H17F3N4O2. The van der Waals surface area contributed by atoms with Crippen LogP contribution < -0.4 is 15.0 Å². The van der Waals surface area contributed by atoms with Crippen LogP contribution in [0, 0.1) is 0 Å². The summed E-state index contributed by atoms with van der Waals surface area (Å²) in [5.41, 5.74) is 0.375. The SMILES string of the molecule is CN=C(N(c1ccc(OC)cc1)c1ccc(NC(C)=O)nc1)C(F)(F)F. The van der Waals surface area contributed by atoms with Crippen molar-refractivity contribution in [2.24, 2.45) is 4.99 Å². The predicted octanol–water partition coefficient (Wildman–Crippen LogP) is 3.78. The van der Waals surface area contributed by atoms with Crippen LogP contribution in [0.15, 0.2) is 47.6 Å². The van der Waals surface area contributed by atoms with E-state index in [4.69, 9.17) is 4.74 Å². The number of hydrogen-bond acceptors (Lipinski definition) is 4. The molecular weight excluding hydrogens is 349 g/mol. The van der Waals surface area contributed by atoms with Crippen molar-refractivity contribution in [3.05, 3.63) is 42.6 Å². The largest absolute Gasteiger partial charge is 0.497 e. The molecule has 0 unspecified atom stereocenters. The number of rotatable bonds is 4. The lowest BCUT2D eigenvalue weighted by atomic mass is 10.2. The molecule has 26 heavy (non-hydrogen) atoms. The molecule has 0 atom stereocenters. The first-order valence-electron chi connectivity index (χ1n) is 7.48. The zero-order valence-corrected chi connectivity index (χ0v) is 14.3. The molecule has 2 rings (SSSR count). The summed E-state index contributed by atoms with van der Waals surface area (Å²) in [5.74, 6) is -0.687. The number of aromatic nitrogens is 1. The number of halogens is 3. The average Bonchev–Trinajstić information content (AvgIpc) is 2.59. The zero-order chi connectivity index (χ0) is 19.3. The van der Waals surface area contributed by atoms with Gasteiger partial charge in [0, 0.05) is 19.7 Å². The maximum Gasteiger partial charge on any atom is 0.449 e. The number of pyridine rings is 1. The van der Waals surface area contributed by atoms with Gasteiger partial charge in [0.25, 0.3) is 0 Å². The minimum atomic E-state index is -4.68. The number of nitrogens with one attached hydrogen (secondary N) is 1. The van der Waals surface area contributed by atoms with E-state index in [0.717, 1.165) is 11.9 Å². The average molecular weight is 366 g/mol. The summed E-state index contributed by atoms with van der Waals surface area (Å²) in [5, 5.41) is 2.46. The van der Waals surface area contributed by atoms with Crippen LogP contribution in [0.5, 0.6) is 5.75 Å². The Bertz CT molecular complexity index is 787. The Morgan fingerprint density at radius 1 is 1.15 bits per heavy atom. The summed E-state index contributed by atoms with van der Waals surface area (Å²) >= 11 is 0. The Kier molecular flexibility index (Phi) is 5.81. The number of benzene rings is 1. The quantitative estimate of drug-likeness (QED) is 0.661. The first kappa shape index (κ1) is 19.2. The second-order valence-electron chi connectivity index (χ2n) is 5.16. The van der Waals surface area contributed by atoms with Crippen molar-refractivity contribution >= 4 is 28.9 Å². The van der Waals surface area contributed by atoms with E-state index < -0.39 is 12.0 Å². The van der Waals surface area contributed by atoms with Crippen molar-refractivity contribution < 1.29 is 22.7 Å². The smallest absolute Gasteiger partial charge is 0.449 e. The molecule has 6 nitrogen and oxygen atoms in total. The van der Waals surface area contributed by atoms with Gasteiger partial charge in [-0.3, -0.25) is 14.7 Å². The van der Waals surface area contributed by atoms with Gasteiger partial charge in [0.05, 0.1) is 19.0 Å². The number of hydrogen-bond donors (Lipinski definition) is 1. The van der Waals surface area contributed by atoms with Gasteiger partial charge in [-0.15, -0.1) is 0 Å². The third-order valence-electron chi connectivity index (χ3n) is 3.32. The molecule has 2 aromatic rings. The van der Waals surface area contributed by atoms with Crippen LogP contribution in [0.25, 0.3) is 0 Å². The molecule has 0 fully saturated rings. The summed E-state index contributed by atoms with van der Waals surface area (Å²) in [4.78, 5) is 19.4. The first-order valence-corrected chi connectivity index (χ1v) is 7.48. The second kappa shape index (κ2) is 7.85. The fourth-order valence-corrected chi connectivity index (χ4v) is 2.25. The standard InChI is InChI=1S/C17H17F3N4O2/c1-11(25)23-15-9-6-13(10-22-15)24(16(21-2)17(18,19)20)12-4-7-14(26-3)8-5-12/h4-10H,1-3H3,(H,22,23,25). The van der Waals surface area contributed by atoms with E-state index in [1.165, 1.54) is 44.5 Å². The maximum atomic E-state index is 13.5. The highest BCUT2D eigenvalue weighted by atomic mass is 19.4. The molecule has 1 aromatic heterocycles. The van der Waals surface area contributed by atoms with Gasteiger partial charge in [0.2, 0.25) is 11.7 Å². The number of aliphatic imine (C=N–C) groups is 1. The molecule has 0 aliphatic rings. The summed E-state index contributed by atoms with van der Waals surface area (Å²) in [6, 6.07) is 8.89. The van der Waals surface area contributed by atoms with E-state index in [-0.39, 0.29) is 23.1 Å². The molecule has 1 N–H and O–H groups in total. The number of carbonyl (C=O) groups is 1. The zero-order valence-electron chi connectivity index (χ0n) is 14.3. The molecule has 0 aliphatic heterocycles. The molecule has 0 bridgehead atoms. The topological polar surface area (TPSA) is 66.8 Å². The van der Waals surface area contributed by atoms with Gasteiger partial charge in [-0.25, -0.2) is 4.98 Å². The number of nitrogens with zero attached hydrogens (tertiary/aromatic N) is 3. The van der Waals surface area contributed by atoms with E-state index in [9.17, 15) is 18.0 Å². The maximum absolute atomic E-state index is 13.5. The van der Waals surface area contributed by atoms with Crippen LogP contribution in [0.3, 0.4) is 0 Å². The third-order valence-corrected chi connectivity index (χ3v) is 3.32. The second-order valence-corrected chi connectivity index (χ2v) is 5.16. The van der Waals surface area contributed by atoms with Crippen LogP contribution in [0.1, 0.15) is 6.92 Å². The number of anilines is 3. The lowest BCUT2D eigenvalue weighted by molar-refractivity contribution is -0.114. The molecule has 1 aromatic carbocycles. The Labute approximate surface area is 148 Å². The van der Waals surface area contributed by atoms with Crippen molar-refractivity contribution in [2.45, 2.75) is 13.1 Å². The molecule has 1 heterocycles. The Morgan fingerprint density at radius 3 is 2.19 bits per heavy atom. The molecule has 138 valence electrons. The highest BCUT2D eigenvalue weighted by Gasteiger charge is 2.40. The summed E-state index contributed by atoms with van der Waals surface area (Å²) in [6.45, 7) is 1.31. The van der Waals surface area contributed by atoms with Gasteiger partial charge < -0.3 is 10.1 Å². The van der Waals surface area contributed by atoms with Gasteiger partial charge in [-0.2, -0.15) is 13.2 Å². The van der Waals surface area contributed by atoms with Crippen molar-refractivity contribution in [3.63, 3.8) is 0 Å². The van der Waals surface area contributed by atoms with Crippen molar-refractivity contribution in [2.75, 3.05) is 24.4 Å². The molecule has 0 aliphatic carbocycles. The van der Waals surface area contributed by atoms with E-state index in [1.54, 1.807) is 12.1 Å². The fraction of sp³-hybridized carbons (Fsp3) is 0.235. The van der Waals surface area contributed by atoms with Gasteiger partial charge in [0.1, 0.15) is 11.6 Å². The number of ether oxygens (including phenoxy) is 1. The van der Waals surface area contributed by atoms with Gasteiger partial charge in [0.15, 0.2) is 0 Å². The van der Waals surface area contributed by atoms with Gasteiger partial charge in [-0.1, -0.05) is 0 Å². The van der Waals surface area contributed by atoms with Crippen molar-refractivity contribution in [1.82, 2.24) is 4.98 Å². The number of methoxy groups -OCH3 is 1. The summed E-state index contributed by atoms with van der Waals surface area (Å²) in [7, 11) is 2.53. The monoisotopic (exact) mass is 366 g/mol. The molecule has 0 saturated heterocycles. The normalized spacial score (nSPS) is 11.8. The van der Waals surface area contributed by atoms with Crippen LogP contribution in [0.4, 0.5) is 30.4 Å². The van der Waals surface area contributed by atoms with Gasteiger partial charge in [-0.05, 0) is 36.4 Å². The number of amidine groups is 1. The van der Waals surface area contributed by atoms with Crippen LogP contribution in [0.2, 0.25) is 0 Å². The Balaban J connectivity index is 2.50. The van der Waals surface area contributed by atoms with Crippen molar-refractivity contribution in [1.29, 1.82) is 0 Å². The first-order chi connectivity index (χ1) is 12.3. The van der Waals surface area contributed by atoms with E-state index >= 15 is 0 Å². The summed E-state index contributed by atoms with van der Waals surface area (Å²) < 4.78 is 45.4. The van der Waals surface area contributed by atoms with E-state index in [0.29, 0.717) is 5.75 Å². The Morgan fingerprint density at radius 2 is 1.77 bits per heavy atom. The predicted molar refractivity (Wildman–Crippen MR) is 93.1 cm³/mol. The number of alkyl halides is 3. The lowest BCUT2D eigenvalue weighted by Crippen LogP contribution is -2.38. The molecule has 1 amide bonds. The van der Waals surface area contributed by atoms with E-state index in [1.807, 2.05) is 0 Å². The van der Waals surface area contributed by atoms with Crippen LogP contribution >= 0.6 is 0 Å². The number of carbonyl (C=O) groups excluding carboxylic acids is 1. The summed E-state index contributed by atoms with van der Waals surface area (Å²) in [6.07, 6.45) is -3.45. The minimum absolute atomic E-state index is 0.141. The van der Waals surface area contributed by atoms with Gasteiger partial charge >= 0.3 is 6.18 Å². The Hall–Kier alpha value is -3.10. The molecule has 9 heteroatoms. The molecule has 0 spiro atoms. The highest BCUT2D eigenvalue weighted by molar-refractivity contribution is 6.07. The molecule has 0 saturated carbocycles. The minimum Gasteiger partial charge on any atom is -0.497 e. The van der Waals surface area contributed by atoms with Crippen LogP contribution in [-0.4, -0.2) is 37.1 Å². The van der Waals surface area contributed by atoms with E-state index in [2.05, 4.69) is 15.3 Å². The molecule has 0 radical (unpaired) electrons. The van der Waals surface area contributed by atoms with Crippen LogP contribution in [-0.2, 0) is 4.79 Å². The fourth-order valence-electron chi connectivity index (χ4n) is 2.25. The number of amides is 1. The van der Waals surface area contributed by atoms with Crippen molar-refractivity contribution in [3.8, 4) is 5.75 Å².